The fourth-order valence-corrected chi connectivity index (χ4v) is 5.44. The first-order valence-corrected chi connectivity index (χ1v) is 12.4. The summed E-state index contributed by atoms with van der Waals surface area (Å²) in [5.74, 6) is -0.235. The average molecular weight is 475 g/mol. The highest BCUT2D eigenvalue weighted by atomic mass is 16.3. The molecule has 2 saturated heterocycles. The highest BCUT2D eigenvalue weighted by molar-refractivity contribution is 6.01. The Morgan fingerprint density at radius 2 is 1.69 bits per heavy atom. The van der Waals surface area contributed by atoms with Gasteiger partial charge in [0.05, 0.1) is 16.8 Å². The van der Waals surface area contributed by atoms with E-state index in [1.807, 2.05) is 23.1 Å². The van der Waals surface area contributed by atoms with Crippen LogP contribution < -0.4 is 5.32 Å². The van der Waals surface area contributed by atoms with Gasteiger partial charge in [-0.05, 0) is 55.3 Å². The Morgan fingerprint density at radius 3 is 2.49 bits per heavy atom. The smallest absolute Gasteiger partial charge is 0.258 e. The minimum Gasteiger partial charge on any atom is -0.507 e. The van der Waals surface area contributed by atoms with Crippen LogP contribution in [0.3, 0.4) is 0 Å². The van der Waals surface area contributed by atoms with Gasteiger partial charge in [0.15, 0.2) is 0 Å². The van der Waals surface area contributed by atoms with Crippen molar-refractivity contribution in [2.75, 3.05) is 39.3 Å². The summed E-state index contributed by atoms with van der Waals surface area (Å²) in [5, 5.41) is 22.2. The molecule has 2 fully saturated rings. The molecule has 0 spiro atoms. The molecule has 0 atom stereocenters. The second-order valence-corrected chi connectivity index (χ2v) is 9.76. The summed E-state index contributed by atoms with van der Waals surface area (Å²) in [6, 6.07) is 9.09. The van der Waals surface area contributed by atoms with E-state index >= 15 is 0 Å². The molecule has 3 aliphatic rings. The Kier molecular flexibility index (Phi) is 5.66. The number of phenols is 1. The van der Waals surface area contributed by atoms with Crippen LogP contribution in [0.1, 0.15) is 50.4 Å². The maximum Gasteiger partial charge on any atom is 0.258 e. The van der Waals surface area contributed by atoms with Gasteiger partial charge in [-0.3, -0.25) is 19.6 Å². The molecule has 0 unspecified atom stereocenters. The first-order valence-electron chi connectivity index (χ1n) is 12.4. The predicted molar refractivity (Wildman–Crippen MR) is 131 cm³/mol. The number of hydrogen-bond donors (Lipinski definition) is 3. The van der Waals surface area contributed by atoms with E-state index in [2.05, 4.69) is 20.4 Å². The topological polar surface area (TPSA) is 105 Å². The van der Waals surface area contributed by atoms with Gasteiger partial charge in [-0.25, -0.2) is 0 Å². The van der Waals surface area contributed by atoms with Gasteiger partial charge in [-0.2, -0.15) is 5.10 Å². The highest BCUT2D eigenvalue weighted by Crippen LogP contribution is 2.31. The van der Waals surface area contributed by atoms with Crippen molar-refractivity contribution in [2.45, 2.75) is 32.5 Å². The predicted octanol–water partition coefficient (Wildman–Crippen LogP) is 2.07. The van der Waals surface area contributed by atoms with Gasteiger partial charge in [-0.15, -0.1) is 0 Å². The molecule has 9 heteroatoms. The fourth-order valence-electron chi connectivity index (χ4n) is 5.44. The molecule has 2 aromatic carbocycles. The molecule has 6 rings (SSSR count). The van der Waals surface area contributed by atoms with E-state index in [0.29, 0.717) is 31.7 Å². The lowest BCUT2D eigenvalue weighted by Gasteiger charge is -2.27. The van der Waals surface area contributed by atoms with Crippen molar-refractivity contribution >= 4 is 22.7 Å². The maximum absolute atomic E-state index is 13.5. The van der Waals surface area contributed by atoms with E-state index in [1.54, 1.807) is 17.0 Å². The van der Waals surface area contributed by atoms with Crippen LogP contribution in [0.15, 0.2) is 30.3 Å². The summed E-state index contributed by atoms with van der Waals surface area (Å²) in [7, 11) is 0. The quantitative estimate of drug-likeness (QED) is 0.535. The second-order valence-electron chi connectivity index (χ2n) is 9.76. The third-order valence-corrected chi connectivity index (χ3v) is 7.43. The number of hydrogen-bond acceptors (Lipinski definition) is 6. The van der Waals surface area contributed by atoms with E-state index in [-0.39, 0.29) is 23.1 Å². The number of nitrogens with zero attached hydrogens (tertiary/aromatic N) is 4. The SMILES string of the molecule is O=C(c1ccc2c(c1)CN(C(=O)c1cc3c(CN4CCCC4)n[nH]c3cc1O)C2)N1CCNCC1. The molecule has 35 heavy (non-hydrogen) atoms. The van der Waals surface area contributed by atoms with Crippen LogP contribution in [0.4, 0.5) is 0 Å². The number of rotatable bonds is 4. The Morgan fingerprint density at radius 1 is 0.914 bits per heavy atom. The average Bonchev–Trinajstić information content (AvgIpc) is 3.63. The number of H-pyrrole nitrogens is 1. The number of piperazine rings is 1. The first kappa shape index (κ1) is 22.1. The van der Waals surface area contributed by atoms with Gasteiger partial charge in [0.25, 0.3) is 11.8 Å². The zero-order valence-electron chi connectivity index (χ0n) is 19.7. The molecule has 3 aliphatic heterocycles. The molecule has 4 heterocycles. The van der Waals surface area contributed by atoms with E-state index < -0.39 is 0 Å². The molecule has 0 saturated carbocycles. The van der Waals surface area contributed by atoms with Gasteiger partial charge >= 0.3 is 0 Å². The number of amides is 2. The number of aromatic amines is 1. The lowest BCUT2D eigenvalue weighted by atomic mass is 10.1. The van der Waals surface area contributed by atoms with Crippen LogP contribution in [-0.4, -0.2) is 81.1 Å². The number of carbonyl (C=O) groups is 2. The number of likely N-dealkylation sites (tertiary alicyclic amines) is 1. The van der Waals surface area contributed by atoms with Crippen molar-refractivity contribution in [3.8, 4) is 5.75 Å². The van der Waals surface area contributed by atoms with Crippen LogP contribution in [0, 0.1) is 0 Å². The van der Waals surface area contributed by atoms with Crippen LogP contribution in [0.5, 0.6) is 5.75 Å². The summed E-state index contributed by atoms with van der Waals surface area (Å²) >= 11 is 0. The number of aromatic hydroxyl groups is 1. The van der Waals surface area contributed by atoms with E-state index in [1.165, 1.54) is 12.8 Å². The van der Waals surface area contributed by atoms with E-state index in [4.69, 9.17) is 0 Å². The summed E-state index contributed by atoms with van der Waals surface area (Å²) in [4.78, 5) is 32.3. The van der Waals surface area contributed by atoms with Crippen molar-refractivity contribution in [1.82, 2.24) is 30.2 Å². The first-order chi connectivity index (χ1) is 17.1. The van der Waals surface area contributed by atoms with Crippen LogP contribution in [0.2, 0.25) is 0 Å². The third-order valence-electron chi connectivity index (χ3n) is 7.43. The van der Waals surface area contributed by atoms with E-state index in [0.717, 1.165) is 60.4 Å². The molecule has 0 aliphatic carbocycles. The van der Waals surface area contributed by atoms with Crippen molar-refractivity contribution in [3.05, 3.63) is 58.3 Å². The maximum atomic E-state index is 13.5. The fraction of sp³-hybridized carbons (Fsp3) is 0.423. The van der Waals surface area contributed by atoms with E-state index in [9.17, 15) is 14.7 Å². The molecule has 9 nitrogen and oxygen atoms in total. The van der Waals surface area contributed by atoms with Crippen molar-refractivity contribution in [1.29, 1.82) is 0 Å². The molecule has 182 valence electrons. The number of fused-ring (bicyclic) bond motifs is 2. The molecule has 0 bridgehead atoms. The third kappa shape index (κ3) is 4.15. The molecule has 0 radical (unpaired) electrons. The monoisotopic (exact) mass is 474 g/mol. The minimum absolute atomic E-state index is 0.0349. The zero-order valence-corrected chi connectivity index (χ0v) is 19.7. The lowest BCUT2D eigenvalue weighted by Crippen LogP contribution is -2.46. The molecule has 2 amide bonds. The van der Waals surface area contributed by atoms with Crippen molar-refractivity contribution < 1.29 is 14.7 Å². The van der Waals surface area contributed by atoms with Gasteiger partial charge in [0, 0.05) is 62.8 Å². The Balaban J connectivity index is 1.22. The van der Waals surface area contributed by atoms with Gasteiger partial charge in [0.1, 0.15) is 5.75 Å². The highest BCUT2D eigenvalue weighted by Gasteiger charge is 2.28. The molecule has 3 N–H and O–H groups in total. The van der Waals surface area contributed by atoms with Crippen molar-refractivity contribution in [2.24, 2.45) is 0 Å². The summed E-state index contributed by atoms with van der Waals surface area (Å²) in [5.41, 5.74) is 4.60. The summed E-state index contributed by atoms with van der Waals surface area (Å²) in [6.07, 6.45) is 2.40. The van der Waals surface area contributed by atoms with Crippen LogP contribution in [-0.2, 0) is 19.6 Å². The summed E-state index contributed by atoms with van der Waals surface area (Å²) in [6.45, 7) is 6.75. The standard InChI is InChI=1S/C26H30N6O3/c33-24-13-22-20(23(29-28-22)16-30-7-1-2-8-30)12-21(24)26(35)32-14-18-4-3-17(11-19(18)15-32)25(34)31-9-5-27-6-10-31/h3-4,11-13,27,33H,1-2,5-10,14-16H2,(H,28,29). The number of carbonyl (C=O) groups excluding carboxylic acids is 2. The largest absolute Gasteiger partial charge is 0.507 e. The van der Waals surface area contributed by atoms with Gasteiger partial charge in [-0.1, -0.05) is 6.07 Å². The Bertz CT molecular complexity index is 1290. The zero-order chi connectivity index (χ0) is 23.9. The molecular formula is C26H30N6O3. The Labute approximate surface area is 203 Å². The van der Waals surface area contributed by atoms with Gasteiger partial charge in [0.2, 0.25) is 0 Å². The lowest BCUT2D eigenvalue weighted by molar-refractivity contribution is 0.0734. The second kappa shape index (κ2) is 8.98. The molecular weight excluding hydrogens is 444 g/mol. The number of aromatic nitrogens is 2. The molecule has 3 aromatic rings. The number of nitrogens with one attached hydrogen (secondary N) is 2. The summed E-state index contributed by atoms with van der Waals surface area (Å²) < 4.78 is 0. The van der Waals surface area contributed by atoms with Gasteiger partial charge < -0.3 is 20.2 Å². The number of benzene rings is 2. The normalized spacial score (nSPS) is 18.4. The Hall–Kier alpha value is -3.43. The van der Waals surface area contributed by atoms with Crippen LogP contribution >= 0.6 is 0 Å². The number of phenolic OH excluding ortho intramolecular Hbond substituents is 1. The minimum atomic E-state index is -0.219. The van der Waals surface area contributed by atoms with Crippen molar-refractivity contribution in [3.63, 3.8) is 0 Å². The molecule has 1 aromatic heterocycles. The van der Waals surface area contributed by atoms with Crippen LogP contribution in [0.25, 0.3) is 10.9 Å².